The zero-order valence-electron chi connectivity index (χ0n) is 30.3. The predicted molar refractivity (Wildman–Crippen MR) is 205 cm³/mol. The number of aryl methyl sites for hydroxylation is 1. The molecule has 2 aromatic carbocycles. The third-order valence-corrected chi connectivity index (χ3v) is 11.4. The van der Waals surface area contributed by atoms with E-state index in [0.29, 0.717) is 76.1 Å². The second-order valence-corrected chi connectivity index (χ2v) is 15.2. The number of benzene rings is 2. The molecular formula is C41H45Cl2N5O5. The predicted octanol–water partition coefficient (Wildman–Crippen LogP) is 7.90. The maximum Gasteiger partial charge on any atom is 0.237 e. The third-order valence-electron chi connectivity index (χ3n) is 10.8. The minimum absolute atomic E-state index is 0.0233. The lowest BCUT2D eigenvalue weighted by atomic mass is 9.77. The molecule has 1 amide bonds. The molecule has 10 nitrogen and oxygen atoms in total. The lowest BCUT2D eigenvalue weighted by molar-refractivity contribution is -0.120. The van der Waals surface area contributed by atoms with E-state index in [4.69, 9.17) is 47.4 Å². The van der Waals surface area contributed by atoms with Crippen molar-refractivity contribution in [1.29, 1.82) is 0 Å². The van der Waals surface area contributed by atoms with Gasteiger partial charge in [0.15, 0.2) is 0 Å². The molecule has 2 aromatic heterocycles. The molecule has 2 saturated carbocycles. The molecule has 3 aliphatic rings. The molecule has 2 N–H and O–H groups in total. The Kier molecular flexibility index (Phi) is 11.5. The minimum atomic E-state index is -0.237. The monoisotopic (exact) mass is 757 g/mol. The van der Waals surface area contributed by atoms with E-state index in [0.717, 1.165) is 79.3 Å². The van der Waals surface area contributed by atoms with Gasteiger partial charge in [-0.05, 0) is 86.1 Å². The Balaban J connectivity index is 1.05. The van der Waals surface area contributed by atoms with Crippen LogP contribution in [0.2, 0.25) is 10.0 Å². The average molecular weight is 759 g/mol. The Morgan fingerprint density at radius 2 is 1.70 bits per heavy atom. The molecule has 0 unspecified atom stereocenters. The van der Waals surface area contributed by atoms with Gasteiger partial charge in [0, 0.05) is 49.0 Å². The molecule has 2 heterocycles. The number of halogens is 2. The fourth-order valence-electron chi connectivity index (χ4n) is 8.00. The molecule has 7 rings (SSSR count). The number of hydrogen-bond acceptors (Lipinski definition) is 9. The van der Waals surface area contributed by atoms with Crippen LogP contribution in [-0.4, -0.2) is 53.4 Å². The van der Waals surface area contributed by atoms with Crippen molar-refractivity contribution in [1.82, 2.24) is 25.6 Å². The summed E-state index contributed by atoms with van der Waals surface area (Å²) in [5, 5.41) is 7.44. The van der Waals surface area contributed by atoms with Crippen molar-refractivity contribution < 1.29 is 23.8 Å². The summed E-state index contributed by atoms with van der Waals surface area (Å²) in [5.41, 5.74) is 7.21. The number of amides is 1. The first-order valence-electron chi connectivity index (χ1n) is 18.4. The van der Waals surface area contributed by atoms with Crippen LogP contribution in [0, 0.1) is 11.8 Å². The number of Topliss-reactive ketones (excluding diaryl/α,β-unsaturated/α-hetero) is 1. The maximum atomic E-state index is 11.6. The average Bonchev–Trinajstić information content (AvgIpc) is 3.75. The molecule has 0 radical (unpaired) electrons. The molecule has 0 saturated heterocycles. The van der Waals surface area contributed by atoms with Gasteiger partial charge >= 0.3 is 0 Å². The first-order valence-corrected chi connectivity index (χ1v) is 19.2. The molecule has 2 atom stereocenters. The number of nitrogens with one attached hydrogen (secondary N) is 2. The van der Waals surface area contributed by atoms with Crippen LogP contribution in [0.1, 0.15) is 80.4 Å². The van der Waals surface area contributed by atoms with E-state index in [1.54, 1.807) is 27.3 Å². The summed E-state index contributed by atoms with van der Waals surface area (Å²) in [4.78, 5) is 37.2. The number of carbonyl (C=O) groups excluding carboxylic acids is 2. The first kappa shape index (κ1) is 37.1. The highest BCUT2D eigenvalue weighted by atomic mass is 35.5. The Bertz CT molecular complexity index is 2000. The number of methoxy groups -OCH3 is 2. The molecule has 278 valence electrons. The zero-order chi connectivity index (χ0) is 37.1. The maximum absolute atomic E-state index is 11.6. The second kappa shape index (κ2) is 16.4. The van der Waals surface area contributed by atoms with Gasteiger partial charge in [-0.25, -0.2) is 4.98 Å². The van der Waals surface area contributed by atoms with Crippen molar-refractivity contribution in [3.63, 3.8) is 0 Å². The highest BCUT2D eigenvalue weighted by molar-refractivity contribution is 6.36. The fraction of sp³-hybridized carbons (Fsp3) is 0.439. The standard InChI is InChI=1S/C41H45Cl2N5O5/c1-23(49)46-27-16-24(17-27)10-12-26-19-34(42)40(48-39(26)51-2)53-37-15-14-30-29(6-4-7-31(30)37)32-8-5-9-33(38(32)43)35-22-45-36(41(47-35)52-3)21-44-20-25-11-13-28(50)18-25/h4-9,19,22,24-25,27,37,44H,10-18,20-21H2,1-3H3,(H,46,49)/t24?,25-,27?,37+/m1/s1. The molecule has 12 heteroatoms. The number of ether oxygens (including phenoxy) is 3. The van der Waals surface area contributed by atoms with Crippen molar-refractivity contribution in [3.05, 3.63) is 81.1 Å². The topological polar surface area (TPSA) is 125 Å². The molecule has 53 heavy (non-hydrogen) atoms. The van der Waals surface area contributed by atoms with Crippen LogP contribution in [0.15, 0.2) is 48.7 Å². The molecule has 0 bridgehead atoms. The number of pyridine rings is 1. The van der Waals surface area contributed by atoms with Gasteiger partial charge in [0.1, 0.15) is 22.6 Å². The van der Waals surface area contributed by atoms with Crippen LogP contribution in [0.5, 0.6) is 17.6 Å². The quantitative estimate of drug-likeness (QED) is 0.132. The highest BCUT2D eigenvalue weighted by Crippen LogP contribution is 2.45. The smallest absolute Gasteiger partial charge is 0.237 e. The molecule has 0 spiro atoms. The van der Waals surface area contributed by atoms with E-state index in [1.807, 2.05) is 30.3 Å². The van der Waals surface area contributed by atoms with Gasteiger partial charge < -0.3 is 24.8 Å². The van der Waals surface area contributed by atoms with E-state index in [9.17, 15) is 9.59 Å². The van der Waals surface area contributed by atoms with Gasteiger partial charge in [0.2, 0.25) is 23.5 Å². The van der Waals surface area contributed by atoms with Gasteiger partial charge in [-0.3, -0.25) is 14.6 Å². The van der Waals surface area contributed by atoms with E-state index in [2.05, 4.69) is 27.8 Å². The molecule has 2 fully saturated rings. The summed E-state index contributed by atoms with van der Waals surface area (Å²) < 4.78 is 17.8. The van der Waals surface area contributed by atoms with Gasteiger partial charge in [-0.1, -0.05) is 59.6 Å². The van der Waals surface area contributed by atoms with Gasteiger partial charge in [0.25, 0.3) is 0 Å². The summed E-state index contributed by atoms with van der Waals surface area (Å²) in [6, 6.07) is 14.3. The number of fused-ring (bicyclic) bond motifs is 1. The Labute approximate surface area is 320 Å². The molecule has 0 aliphatic heterocycles. The number of ketones is 1. The second-order valence-electron chi connectivity index (χ2n) is 14.4. The van der Waals surface area contributed by atoms with Crippen LogP contribution in [0.4, 0.5) is 0 Å². The van der Waals surface area contributed by atoms with E-state index >= 15 is 0 Å². The molecule has 3 aliphatic carbocycles. The highest BCUT2D eigenvalue weighted by Gasteiger charge is 2.31. The van der Waals surface area contributed by atoms with E-state index < -0.39 is 0 Å². The first-order chi connectivity index (χ1) is 25.7. The van der Waals surface area contributed by atoms with Crippen molar-refractivity contribution in [2.45, 2.75) is 83.4 Å². The summed E-state index contributed by atoms with van der Waals surface area (Å²) in [7, 11) is 3.21. The van der Waals surface area contributed by atoms with Crippen LogP contribution in [-0.2, 0) is 29.0 Å². The van der Waals surface area contributed by atoms with Gasteiger partial charge in [-0.2, -0.15) is 4.98 Å². The molecular weight excluding hydrogens is 713 g/mol. The summed E-state index contributed by atoms with van der Waals surface area (Å²) in [6.07, 6.45) is 9.04. The number of nitrogens with zero attached hydrogens (tertiary/aromatic N) is 3. The lowest BCUT2D eigenvalue weighted by Gasteiger charge is -2.35. The Hall–Kier alpha value is -4.25. The Morgan fingerprint density at radius 3 is 2.45 bits per heavy atom. The number of hydrogen-bond donors (Lipinski definition) is 2. The molecule has 4 aromatic rings. The SMILES string of the molecule is COc1nc(O[C@H]2CCc3c(-c4cccc(-c5cnc(CNC[C@@H]6CCC(=O)C6)c(OC)n5)c4Cl)cccc32)c(Cl)cc1CCC1CC(NC(C)=O)C1. The van der Waals surface area contributed by atoms with Gasteiger partial charge in [0.05, 0.1) is 31.1 Å². The number of carbonyl (C=O) groups is 2. The van der Waals surface area contributed by atoms with E-state index in [-0.39, 0.29) is 18.1 Å². The van der Waals surface area contributed by atoms with Crippen LogP contribution < -0.4 is 24.8 Å². The van der Waals surface area contributed by atoms with Crippen LogP contribution >= 0.6 is 23.2 Å². The van der Waals surface area contributed by atoms with Crippen LogP contribution in [0.3, 0.4) is 0 Å². The Morgan fingerprint density at radius 1 is 0.925 bits per heavy atom. The number of aromatic nitrogens is 3. The lowest BCUT2D eigenvalue weighted by Crippen LogP contribution is -2.43. The summed E-state index contributed by atoms with van der Waals surface area (Å²) in [6.45, 7) is 2.81. The summed E-state index contributed by atoms with van der Waals surface area (Å²) >= 11 is 13.9. The van der Waals surface area contributed by atoms with Crippen LogP contribution in [0.25, 0.3) is 22.4 Å². The number of rotatable bonds is 14. The van der Waals surface area contributed by atoms with Crippen molar-refractivity contribution in [2.24, 2.45) is 11.8 Å². The zero-order valence-corrected chi connectivity index (χ0v) is 31.9. The van der Waals surface area contributed by atoms with E-state index in [1.165, 1.54) is 5.56 Å². The van der Waals surface area contributed by atoms with Crippen molar-refractivity contribution >= 4 is 34.9 Å². The third kappa shape index (κ3) is 8.30. The minimum Gasteiger partial charge on any atom is -0.481 e. The van der Waals surface area contributed by atoms with Crippen molar-refractivity contribution in [3.8, 4) is 40.0 Å². The van der Waals surface area contributed by atoms with Crippen molar-refractivity contribution in [2.75, 3.05) is 20.8 Å². The van der Waals surface area contributed by atoms with Gasteiger partial charge in [-0.15, -0.1) is 0 Å². The fourth-order valence-corrected chi connectivity index (χ4v) is 8.55. The largest absolute Gasteiger partial charge is 0.481 e. The normalized spacial score (nSPS) is 20.5. The summed E-state index contributed by atoms with van der Waals surface area (Å²) in [5.74, 6) is 2.59.